The smallest absolute Gasteiger partial charge is 0.344 e. The molecule has 0 atom stereocenters. The van der Waals surface area contributed by atoms with Crippen LogP contribution in [0.25, 0.3) is 10.9 Å². The predicted octanol–water partition coefficient (Wildman–Crippen LogP) is 5.23. The van der Waals surface area contributed by atoms with Crippen LogP contribution in [0.1, 0.15) is 55.8 Å². The van der Waals surface area contributed by atoms with Gasteiger partial charge in [0.25, 0.3) is 0 Å². The normalized spacial score (nSPS) is 15.7. The molecule has 0 bridgehead atoms. The molecule has 3 rings (SSSR count). The summed E-state index contributed by atoms with van der Waals surface area (Å²) in [6, 6.07) is 7.75. The molecule has 1 fully saturated rings. The molecule has 2 aromatic rings. The second kappa shape index (κ2) is 11.5. The maximum Gasteiger partial charge on any atom is 0.344 e. The van der Waals surface area contributed by atoms with E-state index in [0.29, 0.717) is 36.5 Å². The summed E-state index contributed by atoms with van der Waals surface area (Å²) in [7, 11) is 0. The van der Waals surface area contributed by atoms with Gasteiger partial charge in [-0.25, -0.2) is 4.79 Å². The van der Waals surface area contributed by atoms with Crippen LogP contribution in [0.5, 0.6) is 5.88 Å². The minimum absolute atomic E-state index is 0.303. The quantitative estimate of drug-likeness (QED) is 0.307. The molecule has 0 saturated carbocycles. The number of para-hydroxylation sites is 1. The van der Waals surface area contributed by atoms with Gasteiger partial charge in [-0.2, -0.15) is 0 Å². The molecular formula is C23H33ClN2O3. The minimum atomic E-state index is -0.303. The Labute approximate surface area is 178 Å². The van der Waals surface area contributed by atoms with E-state index < -0.39 is 0 Å². The van der Waals surface area contributed by atoms with Crippen LogP contribution >= 0.6 is 11.6 Å². The van der Waals surface area contributed by atoms with Gasteiger partial charge in [-0.1, -0.05) is 31.5 Å². The number of aromatic amines is 1. The summed E-state index contributed by atoms with van der Waals surface area (Å²) >= 11 is 5.74. The molecule has 1 aromatic heterocycles. The summed E-state index contributed by atoms with van der Waals surface area (Å²) in [4.78, 5) is 18.7. The number of nitrogens with one attached hydrogen (secondary N) is 1. The lowest BCUT2D eigenvalue weighted by atomic mass is 9.97. The number of unbranched alkanes of at least 4 members (excludes halogenated alkanes) is 2. The van der Waals surface area contributed by atoms with Gasteiger partial charge >= 0.3 is 5.97 Å². The molecule has 0 radical (unpaired) electrons. The number of carbonyl (C=O) groups excluding carboxylic acids is 1. The number of esters is 1. The molecule has 0 spiro atoms. The summed E-state index contributed by atoms with van der Waals surface area (Å²) in [6.45, 7) is 6.62. The topological polar surface area (TPSA) is 54.6 Å². The van der Waals surface area contributed by atoms with Crippen LogP contribution in [0.15, 0.2) is 24.3 Å². The summed E-state index contributed by atoms with van der Waals surface area (Å²) in [5.74, 6) is 1.25. The maximum absolute atomic E-state index is 12.9. The zero-order chi connectivity index (χ0) is 20.5. The van der Waals surface area contributed by atoms with Crippen LogP contribution in [-0.2, 0) is 4.74 Å². The number of benzene rings is 1. The zero-order valence-corrected chi connectivity index (χ0v) is 18.2. The first-order valence-corrected chi connectivity index (χ1v) is 11.4. The third kappa shape index (κ3) is 6.13. The lowest BCUT2D eigenvalue weighted by Crippen LogP contribution is -2.36. The molecule has 29 heavy (non-hydrogen) atoms. The number of carbonyl (C=O) groups is 1. The highest BCUT2D eigenvalue weighted by Crippen LogP contribution is 2.29. The Morgan fingerprint density at radius 1 is 1.21 bits per heavy atom. The van der Waals surface area contributed by atoms with Crippen molar-refractivity contribution in [2.24, 2.45) is 5.92 Å². The molecule has 6 heteroatoms. The predicted molar refractivity (Wildman–Crippen MR) is 118 cm³/mol. The molecular weight excluding hydrogens is 388 g/mol. The van der Waals surface area contributed by atoms with Gasteiger partial charge in [-0.3, -0.25) is 0 Å². The van der Waals surface area contributed by atoms with Crippen LogP contribution in [0.2, 0.25) is 0 Å². The van der Waals surface area contributed by atoms with Gasteiger partial charge in [0.2, 0.25) is 5.88 Å². The number of fused-ring (bicyclic) bond motifs is 1. The Morgan fingerprint density at radius 3 is 2.76 bits per heavy atom. The van der Waals surface area contributed by atoms with Gasteiger partial charge in [0.15, 0.2) is 0 Å². The molecule has 1 aliphatic heterocycles. The number of H-pyrrole nitrogens is 1. The van der Waals surface area contributed by atoms with Gasteiger partial charge in [0.05, 0.1) is 13.2 Å². The number of hydrogen-bond donors (Lipinski definition) is 1. The Balaban J connectivity index is 1.58. The van der Waals surface area contributed by atoms with Crippen molar-refractivity contribution in [3.05, 3.63) is 29.8 Å². The van der Waals surface area contributed by atoms with Crippen LogP contribution in [0, 0.1) is 5.92 Å². The number of ether oxygens (including phenoxy) is 2. The first-order chi connectivity index (χ1) is 14.2. The van der Waals surface area contributed by atoms with E-state index in [0.717, 1.165) is 49.7 Å². The van der Waals surface area contributed by atoms with Crippen molar-refractivity contribution in [3.8, 4) is 5.88 Å². The number of likely N-dealkylation sites (tertiary alicyclic amines) is 1. The number of alkyl halides is 1. The van der Waals surface area contributed by atoms with Crippen LogP contribution < -0.4 is 4.74 Å². The summed E-state index contributed by atoms with van der Waals surface area (Å²) in [5, 5.41) is 0.847. The highest BCUT2D eigenvalue weighted by Gasteiger charge is 2.24. The van der Waals surface area contributed by atoms with E-state index in [-0.39, 0.29) is 5.97 Å². The van der Waals surface area contributed by atoms with E-state index in [2.05, 4.69) is 16.8 Å². The van der Waals surface area contributed by atoms with E-state index in [4.69, 9.17) is 21.1 Å². The molecule has 0 aliphatic carbocycles. The molecule has 1 N–H and O–H groups in total. The highest BCUT2D eigenvalue weighted by atomic mass is 35.5. The molecule has 1 aliphatic rings. The molecule has 160 valence electrons. The molecule has 2 heterocycles. The first kappa shape index (κ1) is 22.0. The van der Waals surface area contributed by atoms with Crippen molar-refractivity contribution in [2.45, 2.75) is 45.4 Å². The highest BCUT2D eigenvalue weighted by molar-refractivity contribution is 6.17. The Bertz CT molecular complexity index is 769. The Kier molecular flexibility index (Phi) is 8.69. The van der Waals surface area contributed by atoms with Gasteiger partial charge in [-0.15, -0.1) is 11.6 Å². The standard InChI is InChI=1S/C23H33ClN2O3/c1-2-3-13-26-14-10-18(11-15-26)17-29-23(27)21-19-8-4-5-9-20(19)25-22(21)28-16-7-6-12-24/h4-5,8-9,18,25H,2-3,6-7,10-17H2,1H3. The van der Waals surface area contributed by atoms with Crippen LogP contribution in [0.4, 0.5) is 0 Å². The molecule has 0 unspecified atom stereocenters. The van der Waals surface area contributed by atoms with E-state index >= 15 is 0 Å². The Hall–Kier alpha value is -1.72. The summed E-state index contributed by atoms with van der Waals surface area (Å²) in [6.07, 6.45) is 6.41. The molecule has 1 aromatic carbocycles. The first-order valence-electron chi connectivity index (χ1n) is 10.9. The van der Waals surface area contributed by atoms with Crippen molar-refractivity contribution >= 4 is 28.5 Å². The van der Waals surface area contributed by atoms with Gasteiger partial charge in [0.1, 0.15) is 5.56 Å². The van der Waals surface area contributed by atoms with Crippen molar-refractivity contribution < 1.29 is 14.3 Å². The fourth-order valence-electron chi connectivity index (χ4n) is 3.82. The zero-order valence-electron chi connectivity index (χ0n) is 17.4. The number of hydrogen-bond acceptors (Lipinski definition) is 4. The van der Waals surface area contributed by atoms with Gasteiger partial charge < -0.3 is 19.4 Å². The maximum atomic E-state index is 12.9. The molecule has 5 nitrogen and oxygen atoms in total. The monoisotopic (exact) mass is 420 g/mol. The van der Waals surface area contributed by atoms with Crippen molar-refractivity contribution in [1.29, 1.82) is 0 Å². The second-order valence-electron chi connectivity index (χ2n) is 7.86. The molecule has 0 amide bonds. The fourth-order valence-corrected chi connectivity index (χ4v) is 4.01. The average Bonchev–Trinajstić information content (AvgIpc) is 3.12. The number of halogens is 1. The number of piperidine rings is 1. The van der Waals surface area contributed by atoms with Crippen LogP contribution in [-0.4, -0.2) is 54.6 Å². The molecule has 1 saturated heterocycles. The van der Waals surface area contributed by atoms with Gasteiger partial charge in [0, 0.05) is 16.8 Å². The largest absolute Gasteiger partial charge is 0.478 e. The summed E-state index contributed by atoms with van der Waals surface area (Å²) < 4.78 is 11.6. The summed E-state index contributed by atoms with van der Waals surface area (Å²) in [5.41, 5.74) is 1.39. The van der Waals surface area contributed by atoms with Crippen molar-refractivity contribution in [2.75, 3.05) is 38.7 Å². The number of rotatable bonds is 11. The van der Waals surface area contributed by atoms with E-state index in [1.165, 1.54) is 19.4 Å². The third-order valence-electron chi connectivity index (χ3n) is 5.64. The SMILES string of the molecule is CCCCN1CCC(COC(=O)c2c(OCCCCCl)[nH]c3ccccc23)CC1. The lowest BCUT2D eigenvalue weighted by Gasteiger charge is -2.31. The van der Waals surface area contributed by atoms with E-state index in [1.807, 2.05) is 24.3 Å². The number of aromatic nitrogens is 1. The lowest BCUT2D eigenvalue weighted by molar-refractivity contribution is 0.0370. The minimum Gasteiger partial charge on any atom is -0.478 e. The van der Waals surface area contributed by atoms with Crippen LogP contribution in [0.3, 0.4) is 0 Å². The Morgan fingerprint density at radius 2 is 2.00 bits per heavy atom. The second-order valence-corrected chi connectivity index (χ2v) is 8.23. The number of nitrogens with zero attached hydrogens (tertiary/aromatic N) is 1. The fraction of sp³-hybridized carbons (Fsp3) is 0.609. The average molecular weight is 421 g/mol. The van der Waals surface area contributed by atoms with Crippen molar-refractivity contribution in [3.63, 3.8) is 0 Å². The third-order valence-corrected chi connectivity index (χ3v) is 5.90. The van der Waals surface area contributed by atoms with Crippen molar-refractivity contribution in [1.82, 2.24) is 9.88 Å². The van der Waals surface area contributed by atoms with E-state index in [9.17, 15) is 4.79 Å². The van der Waals surface area contributed by atoms with E-state index in [1.54, 1.807) is 0 Å². The van der Waals surface area contributed by atoms with Gasteiger partial charge in [-0.05, 0) is 63.7 Å².